The van der Waals surface area contributed by atoms with Gasteiger partial charge in [0.25, 0.3) is 5.91 Å². The van der Waals surface area contributed by atoms with Gasteiger partial charge in [0.15, 0.2) is 0 Å². The third kappa shape index (κ3) is 4.37. The molecule has 0 spiro atoms. The van der Waals surface area contributed by atoms with Crippen LogP contribution in [-0.2, 0) is 14.8 Å². The van der Waals surface area contributed by atoms with Gasteiger partial charge in [0, 0.05) is 24.3 Å². The lowest BCUT2D eigenvalue weighted by Crippen LogP contribution is -2.44. The number of aryl methyl sites for hydroxylation is 2. The molecule has 2 aromatic carbocycles. The highest BCUT2D eigenvalue weighted by Crippen LogP contribution is 2.21. The third-order valence-corrected chi connectivity index (χ3v) is 6.47. The van der Waals surface area contributed by atoms with Crippen LogP contribution in [0.2, 0.25) is 0 Å². The predicted octanol–water partition coefficient (Wildman–Crippen LogP) is 2.97. The number of morpholine rings is 1. The summed E-state index contributed by atoms with van der Waals surface area (Å²) in [6.07, 6.45) is -0.128. The first kappa shape index (κ1) is 19.5. The van der Waals surface area contributed by atoms with Crippen LogP contribution in [0.5, 0.6) is 0 Å². The van der Waals surface area contributed by atoms with Crippen LogP contribution in [0.15, 0.2) is 47.4 Å². The number of anilines is 1. The number of carbonyl (C=O) groups is 1. The van der Waals surface area contributed by atoms with Crippen LogP contribution in [0.25, 0.3) is 0 Å². The fraction of sp³-hybridized carbons (Fsp3) is 0.350. The number of carbonyl (C=O) groups excluding carboxylic acids is 1. The zero-order valence-electron chi connectivity index (χ0n) is 15.7. The lowest BCUT2D eigenvalue weighted by atomic mass is 10.1. The van der Waals surface area contributed by atoms with Crippen molar-refractivity contribution < 1.29 is 17.9 Å². The number of hydrogen-bond donors (Lipinski definition) is 1. The van der Waals surface area contributed by atoms with Crippen molar-refractivity contribution in [3.8, 4) is 0 Å². The highest BCUT2D eigenvalue weighted by molar-refractivity contribution is 7.89. The van der Waals surface area contributed by atoms with E-state index in [0.29, 0.717) is 25.3 Å². The van der Waals surface area contributed by atoms with Gasteiger partial charge in [0.1, 0.15) is 0 Å². The van der Waals surface area contributed by atoms with E-state index in [2.05, 4.69) is 5.32 Å². The monoisotopic (exact) mass is 388 g/mol. The smallest absolute Gasteiger partial charge is 0.255 e. The summed E-state index contributed by atoms with van der Waals surface area (Å²) >= 11 is 0. The SMILES string of the molecule is Cc1ccc(NC(=O)c2ccc(S(=O)(=O)N3CCOC(C)C3)cc2)c(C)c1. The van der Waals surface area contributed by atoms with Crippen LogP contribution in [0.3, 0.4) is 0 Å². The minimum Gasteiger partial charge on any atom is -0.376 e. The minimum atomic E-state index is -3.59. The lowest BCUT2D eigenvalue weighted by Gasteiger charge is -2.30. The van der Waals surface area contributed by atoms with Crippen molar-refractivity contribution in [3.05, 3.63) is 59.2 Å². The predicted molar refractivity (Wildman–Crippen MR) is 104 cm³/mol. The second-order valence-corrected chi connectivity index (χ2v) is 8.78. The molecule has 1 saturated heterocycles. The number of amides is 1. The van der Waals surface area contributed by atoms with Gasteiger partial charge in [-0.25, -0.2) is 8.42 Å². The summed E-state index contributed by atoms with van der Waals surface area (Å²) in [6, 6.07) is 11.8. The van der Waals surface area contributed by atoms with Gasteiger partial charge < -0.3 is 10.1 Å². The molecule has 1 fully saturated rings. The molecule has 0 radical (unpaired) electrons. The van der Waals surface area contributed by atoms with Crippen LogP contribution in [-0.4, -0.2) is 44.4 Å². The van der Waals surface area contributed by atoms with Gasteiger partial charge in [-0.1, -0.05) is 17.7 Å². The Kier molecular flexibility index (Phi) is 5.64. The first-order chi connectivity index (χ1) is 12.8. The standard InChI is InChI=1S/C20H24N2O4S/c1-14-4-9-19(15(2)12-14)21-20(23)17-5-7-18(8-6-17)27(24,25)22-10-11-26-16(3)13-22/h4-9,12,16H,10-11,13H2,1-3H3,(H,21,23). The van der Waals surface area contributed by atoms with E-state index in [1.165, 1.54) is 28.6 Å². The molecule has 1 unspecified atom stereocenters. The average Bonchev–Trinajstić information content (AvgIpc) is 2.64. The second-order valence-electron chi connectivity index (χ2n) is 6.84. The van der Waals surface area contributed by atoms with E-state index in [1.807, 2.05) is 39.0 Å². The topological polar surface area (TPSA) is 75.7 Å². The normalized spacial score (nSPS) is 18.3. The van der Waals surface area contributed by atoms with Gasteiger partial charge in [0.2, 0.25) is 10.0 Å². The van der Waals surface area contributed by atoms with E-state index in [0.717, 1.165) is 16.8 Å². The van der Waals surface area contributed by atoms with Gasteiger partial charge in [-0.3, -0.25) is 4.79 Å². The molecular formula is C20H24N2O4S. The zero-order chi connectivity index (χ0) is 19.6. The molecule has 3 rings (SSSR count). The largest absolute Gasteiger partial charge is 0.376 e. The summed E-state index contributed by atoms with van der Waals surface area (Å²) in [6.45, 7) is 6.83. The van der Waals surface area contributed by atoms with Crippen molar-refractivity contribution in [1.82, 2.24) is 4.31 Å². The maximum atomic E-state index is 12.8. The molecule has 1 atom stereocenters. The molecule has 0 aromatic heterocycles. The molecule has 1 N–H and O–H groups in total. The zero-order valence-corrected chi connectivity index (χ0v) is 16.5. The summed E-state index contributed by atoms with van der Waals surface area (Å²) in [5, 5.41) is 2.87. The van der Waals surface area contributed by atoms with Crippen molar-refractivity contribution in [3.63, 3.8) is 0 Å². The van der Waals surface area contributed by atoms with Crippen molar-refractivity contribution in [2.75, 3.05) is 25.0 Å². The van der Waals surface area contributed by atoms with E-state index in [9.17, 15) is 13.2 Å². The molecule has 2 aromatic rings. The van der Waals surface area contributed by atoms with Gasteiger partial charge >= 0.3 is 0 Å². The first-order valence-corrected chi connectivity index (χ1v) is 10.3. The molecule has 6 nitrogen and oxygen atoms in total. The summed E-state index contributed by atoms with van der Waals surface area (Å²) in [5.41, 5.74) is 3.25. The Balaban J connectivity index is 1.75. The van der Waals surface area contributed by atoms with Crippen molar-refractivity contribution in [2.24, 2.45) is 0 Å². The van der Waals surface area contributed by atoms with E-state index in [-0.39, 0.29) is 16.9 Å². The molecule has 0 saturated carbocycles. The summed E-state index contributed by atoms with van der Waals surface area (Å²) in [4.78, 5) is 12.6. The number of rotatable bonds is 4. The molecule has 7 heteroatoms. The van der Waals surface area contributed by atoms with Crippen LogP contribution >= 0.6 is 0 Å². The molecule has 1 amide bonds. The van der Waals surface area contributed by atoms with Gasteiger partial charge in [-0.05, 0) is 56.7 Å². The van der Waals surface area contributed by atoms with Crippen molar-refractivity contribution in [2.45, 2.75) is 31.8 Å². The highest BCUT2D eigenvalue weighted by atomic mass is 32.2. The lowest BCUT2D eigenvalue weighted by molar-refractivity contribution is 0.0102. The molecule has 27 heavy (non-hydrogen) atoms. The number of nitrogens with zero attached hydrogens (tertiary/aromatic N) is 1. The van der Waals surface area contributed by atoms with Gasteiger partial charge in [0.05, 0.1) is 17.6 Å². The van der Waals surface area contributed by atoms with Crippen LogP contribution < -0.4 is 5.32 Å². The number of benzene rings is 2. The quantitative estimate of drug-likeness (QED) is 0.874. The Morgan fingerprint density at radius 2 is 1.85 bits per heavy atom. The van der Waals surface area contributed by atoms with Gasteiger partial charge in [-0.15, -0.1) is 0 Å². The molecule has 144 valence electrons. The Bertz CT molecular complexity index is 939. The minimum absolute atomic E-state index is 0.128. The number of ether oxygens (including phenoxy) is 1. The summed E-state index contributed by atoms with van der Waals surface area (Å²) in [7, 11) is -3.59. The van der Waals surface area contributed by atoms with Crippen molar-refractivity contribution >= 4 is 21.6 Å². The average molecular weight is 388 g/mol. The number of hydrogen-bond acceptors (Lipinski definition) is 4. The van der Waals surface area contributed by atoms with E-state index >= 15 is 0 Å². The van der Waals surface area contributed by atoms with Crippen molar-refractivity contribution in [1.29, 1.82) is 0 Å². The molecule has 0 bridgehead atoms. The molecule has 1 heterocycles. The van der Waals surface area contributed by atoms with E-state index in [4.69, 9.17) is 4.74 Å². The van der Waals surface area contributed by atoms with Crippen LogP contribution in [0, 0.1) is 13.8 Å². The first-order valence-electron chi connectivity index (χ1n) is 8.88. The van der Waals surface area contributed by atoms with Crippen LogP contribution in [0.1, 0.15) is 28.4 Å². The van der Waals surface area contributed by atoms with Crippen LogP contribution in [0.4, 0.5) is 5.69 Å². The Morgan fingerprint density at radius 3 is 2.48 bits per heavy atom. The van der Waals surface area contributed by atoms with E-state index in [1.54, 1.807) is 0 Å². The molecule has 1 aliphatic heterocycles. The Morgan fingerprint density at radius 1 is 1.15 bits per heavy atom. The maximum Gasteiger partial charge on any atom is 0.255 e. The van der Waals surface area contributed by atoms with Gasteiger partial charge in [-0.2, -0.15) is 4.31 Å². The Hall–Kier alpha value is -2.22. The van der Waals surface area contributed by atoms with E-state index < -0.39 is 10.0 Å². The fourth-order valence-electron chi connectivity index (χ4n) is 3.08. The molecular weight excluding hydrogens is 364 g/mol. The molecule has 1 aliphatic rings. The number of nitrogens with one attached hydrogen (secondary N) is 1. The third-order valence-electron chi connectivity index (χ3n) is 4.59. The second kappa shape index (κ2) is 7.80. The maximum absolute atomic E-state index is 12.8. The molecule has 0 aliphatic carbocycles. The Labute approximate surface area is 160 Å². The fourth-order valence-corrected chi connectivity index (χ4v) is 4.58. The highest BCUT2D eigenvalue weighted by Gasteiger charge is 2.29. The summed E-state index contributed by atoms with van der Waals surface area (Å²) < 4.78 is 32.3. The number of sulfonamides is 1. The summed E-state index contributed by atoms with van der Waals surface area (Å²) in [5.74, 6) is -0.272.